The molecule has 0 aliphatic carbocycles. The molecule has 29 heavy (non-hydrogen) atoms. The highest BCUT2D eigenvalue weighted by Gasteiger charge is 2.17. The normalized spacial score (nSPS) is 14.8. The van der Waals surface area contributed by atoms with Crippen molar-refractivity contribution in [1.29, 1.82) is 0 Å². The van der Waals surface area contributed by atoms with Gasteiger partial charge >= 0.3 is 0 Å². The molecule has 6 heteroatoms. The van der Waals surface area contributed by atoms with Crippen LogP contribution in [0.3, 0.4) is 0 Å². The first-order valence-electron chi connectivity index (χ1n) is 10.3. The smallest absolute Gasteiger partial charge is 0.287 e. The van der Waals surface area contributed by atoms with Crippen LogP contribution in [0.25, 0.3) is 5.69 Å². The molecule has 0 unspecified atom stereocenters. The Labute approximate surface area is 171 Å². The van der Waals surface area contributed by atoms with Gasteiger partial charge in [-0.25, -0.2) is 4.68 Å². The lowest BCUT2D eigenvalue weighted by Crippen LogP contribution is -2.28. The van der Waals surface area contributed by atoms with Crippen LogP contribution in [-0.2, 0) is 13.1 Å². The summed E-state index contributed by atoms with van der Waals surface area (Å²) in [5, 5.41) is 7.62. The van der Waals surface area contributed by atoms with E-state index in [0.29, 0.717) is 12.3 Å². The second-order valence-electron chi connectivity index (χ2n) is 7.68. The van der Waals surface area contributed by atoms with Crippen LogP contribution in [0.15, 0.2) is 46.9 Å². The van der Waals surface area contributed by atoms with Crippen LogP contribution in [0.1, 0.15) is 52.5 Å². The number of benzene rings is 1. The molecular formula is C23H28N4O2. The van der Waals surface area contributed by atoms with Crippen LogP contribution in [0.5, 0.6) is 0 Å². The van der Waals surface area contributed by atoms with E-state index >= 15 is 0 Å². The van der Waals surface area contributed by atoms with Crippen molar-refractivity contribution >= 4 is 5.91 Å². The van der Waals surface area contributed by atoms with Gasteiger partial charge in [0, 0.05) is 17.8 Å². The maximum Gasteiger partial charge on any atom is 0.287 e. The second-order valence-corrected chi connectivity index (χ2v) is 7.68. The monoisotopic (exact) mass is 392 g/mol. The molecule has 2 aromatic heterocycles. The lowest BCUT2D eigenvalue weighted by atomic mass is 10.1. The Morgan fingerprint density at radius 3 is 2.59 bits per heavy atom. The number of rotatable bonds is 6. The highest BCUT2D eigenvalue weighted by atomic mass is 16.4. The number of piperidine rings is 1. The summed E-state index contributed by atoms with van der Waals surface area (Å²) in [5.41, 5.74) is 3.98. The van der Waals surface area contributed by atoms with E-state index in [4.69, 9.17) is 4.42 Å². The minimum atomic E-state index is -0.193. The van der Waals surface area contributed by atoms with Crippen molar-refractivity contribution < 1.29 is 9.21 Å². The molecule has 0 bridgehead atoms. The number of hydrogen-bond acceptors (Lipinski definition) is 4. The molecule has 4 rings (SSSR count). The van der Waals surface area contributed by atoms with Gasteiger partial charge in [0.05, 0.1) is 17.9 Å². The highest BCUT2D eigenvalue weighted by Crippen LogP contribution is 2.19. The Morgan fingerprint density at radius 1 is 1.07 bits per heavy atom. The summed E-state index contributed by atoms with van der Waals surface area (Å²) in [6.07, 6.45) is 3.79. The Balaban J connectivity index is 1.39. The van der Waals surface area contributed by atoms with Gasteiger partial charge in [0.15, 0.2) is 5.76 Å². The summed E-state index contributed by atoms with van der Waals surface area (Å²) in [6, 6.07) is 13.7. The molecule has 0 spiro atoms. The fourth-order valence-corrected chi connectivity index (χ4v) is 3.93. The number of aromatic nitrogens is 2. The summed E-state index contributed by atoms with van der Waals surface area (Å²) in [5.74, 6) is 1.02. The maximum atomic E-state index is 12.6. The molecule has 6 nitrogen and oxygen atoms in total. The molecule has 1 fully saturated rings. The van der Waals surface area contributed by atoms with Crippen molar-refractivity contribution in [2.45, 2.75) is 46.2 Å². The zero-order chi connectivity index (χ0) is 20.2. The lowest BCUT2D eigenvalue weighted by molar-refractivity contribution is 0.0918. The third-order valence-electron chi connectivity index (χ3n) is 5.58. The largest absolute Gasteiger partial charge is 0.455 e. The van der Waals surface area contributed by atoms with E-state index in [-0.39, 0.29) is 5.91 Å². The predicted octanol–water partition coefficient (Wildman–Crippen LogP) is 4.00. The molecule has 1 aromatic carbocycles. The van der Waals surface area contributed by atoms with Gasteiger partial charge < -0.3 is 9.73 Å². The maximum absolute atomic E-state index is 12.6. The van der Waals surface area contributed by atoms with Gasteiger partial charge in [0.2, 0.25) is 0 Å². The number of amides is 1. The van der Waals surface area contributed by atoms with Crippen LogP contribution in [0.4, 0.5) is 0 Å². The van der Waals surface area contributed by atoms with Gasteiger partial charge in [-0.15, -0.1) is 0 Å². The molecule has 3 aromatic rings. The third kappa shape index (κ3) is 4.43. The number of carbonyl (C=O) groups is 1. The van der Waals surface area contributed by atoms with E-state index in [1.54, 1.807) is 6.07 Å². The summed E-state index contributed by atoms with van der Waals surface area (Å²) in [7, 11) is 0. The van der Waals surface area contributed by atoms with Crippen molar-refractivity contribution in [3.05, 3.63) is 70.9 Å². The van der Waals surface area contributed by atoms with Crippen molar-refractivity contribution in [2.75, 3.05) is 13.1 Å². The molecule has 0 saturated carbocycles. The number of carbonyl (C=O) groups excluding carboxylic acids is 1. The molecule has 0 radical (unpaired) electrons. The van der Waals surface area contributed by atoms with Gasteiger partial charge in [0.25, 0.3) is 5.91 Å². The lowest BCUT2D eigenvalue weighted by Gasteiger charge is -2.25. The highest BCUT2D eigenvalue weighted by molar-refractivity contribution is 5.91. The molecule has 0 atom stereocenters. The van der Waals surface area contributed by atoms with Crippen LogP contribution >= 0.6 is 0 Å². The summed E-state index contributed by atoms with van der Waals surface area (Å²) in [6.45, 7) is 7.40. The van der Waals surface area contributed by atoms with Gasteiger partial charge in [-0.3, -0.25) is 9.69 Å². The number of nitrogens with one attached hydrogen (secondary N) is 1. The fourth-order valence-electron chi connectivity index (χ4n) is 3.93. The molecule has 1 saturated heterocycles. The topological polar surface area (TPSA) is 63.3 Å². The molecule has 152 valence electrons. The average molecular weight is 393 g/mol. The van der Waals surface area contributed by atoms with E-state index in [1.165, 1.54) is 19.3 Å². The Kier molecular flexibility index (Phi) is 5.81. The second kappa shape index (κ2) is 8.66. The zero-order valence-electron chi connectivity index (χ0n) is 17.1. The summed E-state index contributed by atoms with van der Waals surface area (Å²) >= 11 is 0. The first kappa shape index (κ1) is 19.5. The molecule has 1 N–H and O–H groups in total. The van der Waals surface area contributed by atoms with E-state index in [9.17, 15) is 4.79 Å². The number of para-hydroxylation sites is 1. The quantitative estimate of drug-likeness (QED) is 0.689. The number of nitrogens with zero attached hydrogens (tertiary/aromatic N) is 3. The van der Waals surface area contributed by atoms with Crippen molar-refractivity contribution in [3.63, 3.8) is 0 Å². The van der Waals surface area contributed by atoms with Crippen LogP contribution in [0, 0.1) is 13.8 Å². The van der Waals surface area contributed by atoms with Crippen molar-refractivity contribution in [3.8, 4) is 5.69 Å². The molecule has 3 heterocycles. The molecule has 1 aliphatic heterocycles. The molecule has 1 amide bonds. The SMILES string of the molecule is Cc1nn(-c2ccccc2)c(C)c1CNC(=O)c1ccc(CN2CCCCC2)o1. The standard InChI is InChI=1S/C23H28N4O2/c1-17-21(18(2)27(25-17)19-9-5-3-6-10-19)15-24-23(28)22-12-11-20(29-22)16-26-13-7-4-8-14-26/h3,5-6,9-12H,4,7-8,13-16H2,1-2H3,(H,24,28). The van der Waals surface area contributed by atoms with E-state index in [1.807, 2.05) is 54.9 Å². The zero-order valence-corrected chi connectivity index (χ0v) is 17.1. The van der Waals surface area contributed by atoms with E-state index in [0.717, 1.165) is 48.0 Å². The minimum absolute atomic E-state index is 0.193. The molecular weight excluding hydrogens is 364 g/mol. The Morgan fingerprint density at radius 2 is 1.83 bits per heavy atom. The number of likely N-dealkylation sites (tertiary alicyclic amines) is 1. The summed E-state index contributed by atoms with van der Waals surface area (Å²) in [4.78, 5) is 15.0. The van der Waals surface area contributed by atoms with Crippen LogP contribution in [-0.4, -0.2) is 33.7 Å². The van der Waals surface area contributed by atoms with Gasteiger partial charge in [0.1, 0.15) is 5.76 Å². The number of hydrogen-bond donors (Lipinski definition) is 1. The van der Waals surface area contributed by atoms with Crippen LogP contribution < -0.4 is 5.32 Å². The van der Waals surface area contributed by atoms with E-state index < -0.39 is 0 Å². The number of furan rings is 1. The number of aryl methyl sites for hydroxylation is 1. The van der Waals surface area contributed by atoms with Gasteiger partial charge in [-0.1, -0.05) is 24.6 Å². The van der Waals surface area contributed by atoms with Gasteiger partial charge in [-0.2, -0.15) is 5.10 Å². The fraction of sp³-hybridized carbons (Fsp3) is 0.391. The average Bonchev–Trinajstić information content (AvgIpc) is 3.32. The van der Waals surface area contributed by atoms with Crippen LogP contribution in [0.2, 0.25) is 0 Å². The Hall–Kier alpha value is -2.86. The van der Waals surface area contributed by atoms with Gasteiger partial charge in [-0.05, 0) is 64.0 Å². The minimum Gasteiger partial charge on any atom is -0.455 e. The third-order valence-corrected chi connectivity index (χ3v) is 5.58. The first-order valence-corrected chi connectivity index (χ1v) is 10.3. The van der Waals surface area contributed by atoms with Crippen molar-refractivity contribution in [1.82, 2.24) is 20.0 Å². The Bertz CT molecular complexity index is 968. The molecule has 1 aliphatic rings. The van der Waals surface area contributed by atoms with E-state index in [2.05, 4.69) is 15.3 Å². The first-order chi connectivity index (χ1) is 14.1. The predicted molar refractivity (Wildman–Crippen MR) is 112 cm³/mol. The summed E-state index contributed by atoms with van der Waals surface area (Å²) < 4.78 is 7.71. The van der Waals surface area contributed by atoms with Crippen molar-refractivity contribution in [2.24, 2.45) is 0 Å².